The first-order valence-electron chi connectivity index (χ1n) is 6.07. The third-order valence-corrected chi connectivity index (χ3v) is 3.61. The molecule has 92 valence electrons. The van der Waals surface area contributed by atoms with Gasteiger partial charge in [-0.05, 0) is 30.4 Å². The predicted octanol–water partition coefficient (Wildman–Crippen LogP) is 3.59. The van der Waals surface area contributed by atoms with Gasteiger partial charge in [0, 0.05) is 24.4 Å². The SMILES string of the molecule is CC1(CNc2ccc([N+](=O)[O-])cc2)CCCC1. The lowest BCUT2D eigenvalue weighted by atomic mass is 9.89. The zero-order chi connectivity index (χ0) is 12.3. The zero-order valence-corrected chi connectivity index (χ0v) is 10.1. The summed E-state index contributed by atoms with van der Waals surface area (Å²) in [6, 6.07) is 6.63. The summed E-state index contributed by atoms with van der Waals surface area (Å²) in [7, 11) is 0. The van der Waals surface area contributed by atoms with Crippen LogP contribution in [0.2, 0.25) is 0 Å². The molecular formula is C13H18N2O2. The van der Waals surface area contributed by atoms with Crippen molar-refractivity contribution >= 4 is 11.4 Å². The molecule has 2 rings (SSSR count). The van der Waals surface area contributed by atoms with Gasteiger partial charge in [0.25, 0.3) is 5.69 Å². The molecule has 0 aromatic heterocycles. The smallest absolute Gasteiger partial charge is 0.269 e. The fraction of sp³-hybridized carbons (Fsp3) is 0.538. The van der Waals surface area contributed by atoms with Crippen LogP contribution in [0.4, 0.5) is 11.4 Å². The van der Waals surface area contributed by atoms with Gasteiger partial charge in [0.1, 0.15) is 0 Å². The standard InChI is InChI=1S/C13H18N2O2/c1-13(8-2-3-9-13)10-14-11-4-6-12(7-5-11)15(16)17/h4-7,14H,2-3,8-10H2,1H3. The summed E-state index contributed by atoms with van der Waals surface area (Å²) in [5.41, 5.74) is 1.49. The first-order valence-corrected chi connectivity index (χ1v) is 6.07. The Bertz CT molecular complexity index is 394. The van der Waals surface area contributed by atoms with Gasteiger partial charge in [-0.15, -0.1) is 0 Å². The van der Waals surface area contributed by atoms with E-state index in [4.69, 9.17) is 0 Å². The van der Waals surface area contributed by atoms with Gasteiger partial charge in [-0.2, -0.15) is 0 Å². The molecule has 1 aromatic rings. The lowest BCUT2D eigenvalue weighted by molar-refractivity contribution is -0.384. The minimum Gasteiger partial charge on any atom is -0.384 e. The number of nitrogens with one attached hydrogen (secondary N) is 1. The second-order valence-corrected chi connectivity index (χ2v) is 5.18. The zero-order valence-electron chi connectivity index (χ0n) is 10.1. The van der Waals surface area contributed by atoms with Crippen LogP contribution in [0.15, 0.2) is 24.3 Å². The summed E-state index contributed by atoms with van der Waals surface area (Å²) in [5, 5.41) is 13.9. The van der Waals surface area contributed by atoms with Crippen LogP contribution in [0.25, 0.3) is 0 Å². The number of hydrogen-bond donors (Lipinski definition) is 1. The Morgan fingerprint density at radius 2 is 1.88 bits per heavy atom. The van der Waals surface area contributed by atoms with Crippen LogP contribution in [-0.2, 0) is 0 Å². The number of anilines is 1. The highest BCUT2D eigenvalue weighted by atomic mass is 16.6. The molecule has 0 atom stereocenters. The number of benzene rings is 1. The van der Waals surface area contributed by atoms with E-state index in [1.807, 2.05) is 0 Å². The number of hydrogen-bond acceptors (Lipinski definition) is 3. The summed E-state index contributed by atoms with van der Waals surface area (Å²) in [4.78, 5) is 10.1. The molecule has 4 heteroatoms. The monoisotopic (exact) mass is 234 g/mol. The molecule has 17 heavy (non-hydrogen) atoms. The minimum atomic E-state index is -0.373. The molecule has 1 aliphatic carbocycles. The highest BCUT2D eigenvalue weighted by Crippen LogP contribution is 2.37. The highest BCUT2D eigenvalue weighted by molar-refractivity contribution is 5.48. The number of rotatable bonds is 4. The predicted molar refractivity (Wildman–Crippen MR) is 68.2 cm³/mol. The van der Waals surface area contributed by atoms with E-state index in [1.165, 1.54) is 25.7 Å². The van der Waals surface area contributed by atoms with Crippen LogP contribution in [0.5, 0.6) is 0 Å². The molecule has 1 N–H and O–H groups in total. The van der Waals surface area contributed by atoms with Crippen molar-refractivity contribution in [1.82, 2.24) is 0 Å². The third kappa shape index (κ3) is 2.96. The molecule has 0 aliphatic heterocycles. The molecule has 0 amide bonds. The Labute approximate surface area is 101 Å². The average Bonchev–Trinajstić information content (AvgIpc) is 2.75. The van der Waals surface area contributed by atoms with Gasteiger partial charge < -0.3 is 5.32 Å². The number of non-ortho nitro benzene ring substituents is 1. The average molecular weight is 234 g/mol. The molecule has 4 nitrogen and oxygen atoms in total. The van der Waals surface area contributed by atoms with E-state index in [2.05, 4.69) is 12.2 Å². The van der Waals surface area contributed by atoms with Crippen molar-refractivity contribution in [2.24, 2.45) is 5.41 Å². The lowest BCUT2D eigenvalue weighted by Crippen LogP contribution is -2.22. The van der Waals surface area contributed by atoms with Crippen molar-refractivity contribution in [3.63, 3.8) is 0 Å². The Balaban J connectivity index is 1.93. The second-order valence-electron chi connectivity index (χ2n) is 5.18. The van der Waals surface area contributed by atoms with Crippen LogP contribution in [0, 0.1) is 15.5 Å². The van der Waals surface area contributed by atoms with Crippen molar-refractivity contribution in [2.45, 2.75) is 32.6 Å². The molecule has 0 radical (unpaired) electrons. The largest absolute Gasteiger partial charge is 0.384 e. The maximum absolute atomic E-state index is 10.5. The summed E-state index contributed by atoms with van der Waals surface area (Å²) >= 11 is 0. The summed E-state index contributed by atoms with van der Waals surface area (Å²) in [6.07, 6.45) is 5.18. The van der Waals surface area contributed by atoms with Gasteiger partial charge in [0.15, 0.2) is 0 Å². The van der Waals surface area contributed by atoms with Crippen molar-refractivity contribution in [3.05, 3.63) is 34.4 Å². The van der Waals surface area contributed by atoms with E-state index in [-0.39, 0.29) is 10.6 Å². The summed E-state index contributed by atoms with van der Waals surface area (Å²) in [5.74, 6) is 0. The van der Waals surface area contributed by atoms with Crippen molar-refractivity contribution in [3.8, 4) is 0 Å². The Morgan fingerprint density at radius 3 is 2.41 bits per heavy atom. The van der Waals surface area contributed by atoms with Crippen LogP contribution in [0.3, 0.4) is 0 Å². The highest BCUT2D eigenvalue weighted by Gasteiger charge is 2.28. The number of nitro benzene ring substituents is 1. The van der Waals surface area contributed by atoms with Crippen molar-refractivity contribution in [2.75, 3.05) is 11.9 Å². The van der Waals surface area contributed by atoms with Crippen LogP contribution >= 0.6 is 0 Å². The van der Waals surface area contributed by atoms with Gasteiger partial charge in [0.05, 0.1) is 4.92 Å². The van der Waals surface area contributed by atoms with Crippen molar-refractivity contribution < 1.29 is 4.92 Å². The molecule has 0 unspecified atom stereocenters. The summed E-state index contributed by atoms with van der Waals surface area (Å²) in [6.45, 7) is 3.25. The second kappa shape index (κ2) is 4.73. The van der Waals surface area contributed by atoms with E-state index in [9.17, 15) is 10.1 Å². The van der Waals surface area contributed by atoms with Crippen LogP contribution in [-0.4, -0.2) is 11.5 Å². The van der Waals surface area contributed by atoms with Gasteiger partial charge in [-0.3, -0.25) is 10.1 Å². The summed E-state index contributed by atoms with van der Waals surface area (Å²) < 4.78 is 0. The molecule has 0 bridgehead atoms. The quantitative estimate of drug-likeness (QED) is 0.639. The molecule has 0 heterocycles. The van der Waals surface area contributed by atoms with Gasteiger partial charge >= 0.3 is 0 Å². The molecule has 0 saturated heterocycles. The first-order chi connectivity index (χ1) is 8.09. The lowest BCUT2D eigenvalue weighted by Gasteiger charge is -2.24. The molecule has 0 spiro atoms. The number of nitro groups is 1. The number of nitrogens with zero attached hydrogens (tertiary/aromatic N) is 1. The van der Waals surface area contributed by atoms with Gasteiger partial charge in [-0.25, -0.2) is 0 Å². The molecule has 1 aromatic carbocycles. The van der Waals surface area contributed by atoms with Gasteiger partial charge in [0.2, 0.25) is 0 Å². The fourth-order valence-electron chi connectivity index (χ4n) is 2.42. The molecule has 1 saturated carbocycles. The normalized spacial score (nSPS) is 17.9. The molecular weight excluding hydrogens is 216 g/mol. The Hall–Kier alpha value is -1.58. The first kappa shape index (κ1) is 11.9. The van der Waals surface area contributed by atoms with E-state index in [0.717, 1.165) is 12.2 Å². The van der Waals surface area contributed by atoms with E-state index < -0.39 is 0 Å². The molecule has 1 fully saturated rings. The minimum absolute atomic E-state index is 0.141. The Kier molecular flexibility index (Phi) is 3.31. The fourth-order valence-corrected chi connectivity index (χ4v) is 2.42. The maximum atomic E-state index is 10.5. The van der Waals surface area contributed by atoms with E-state index >= 15 is 0 Å². The van der Waals surface area contributed by atoms with Crippen LogP contribution in [0.1, 0.15) is 32.6 Å². The van der Waals surface area contributed by atoms with Gasteiger partial charge in [-0.1, -0.05) is 19.8 Å². The maximum Gasteiger partial charge on any atom is 0.269 e. The van der Waals surface area contributed by atoms with E-state index in [1.54, 1.807) is 24.3 Å². The molecule has 1 aliphatic rings. The Morgan fingerprint density at radius 1 is 1.29 bits per heavy atom. The van der Waals surface area contributed by atoms with E-state index in [0.29, 0.717) is 5.41 Å². The topological polar surface area (TPSA) is 55.2 Å². The third-order valence-electron chi connectivity index (χ3n) is 3.61. The van der Waals surface area contributed by atoms with Crippen molar-refractivity contribution in [1.29, 1.82) is 0 Å². The van der Waals surface area contributed by atoms with Crippen LogP contribution < -0.4 is 5.32 Å².